The van der Waals surface area contributed by atoms with Crippen LogP contribution >= 0.6 is 0 Å². The molecule has 1 aliphatic rings. The van der Waals surface area contributed by atoms with Gasteiger partial charge in [-0.15, -0.1) is 0 Å². The van der Waals surface area contributed by atoms with E-state index in [9.17, 15) is 0 Å². The number of hydrogen-bond donors (Lipinski definition) is 1. The van der Waals surface area contributed by atoms with Crippen LogP contribution in [0.15, 0.2) is 0 Å². The predicted molar refractivity (Wildman–Crippen MR) is 55.6 cm³/mol. The smallest absolute Gasteiger partial charge is 0.0505 e. The lowest BCUT2D eigenvalue weighted by molar-refractivity contribution is 0.115. The number of methoxy groups -OCH3 is 1. The summed E-state index contributed by atoms with van der Waals surface area (Å²) < 4.78 is 5.17. The van der Waals surface area contributed by atoms with Crippen molar-refractivity contribution in [1.29, 1.82) is 0 Å². The van der Waals surface area contributed by atoms with Crippen LogP contribution in [0.1, 0.15) is 39.5 Å². The van der Waals surface area contributed by atoms with Crippen molar-refractivity contribution in [2.75, 3.05) is 13.7 Å². The van der Waals surface area contributed by atoms with Crippen molar-refractivity contribution in [2.24, 2.45) is 17.6 Å². The van der Waals surface area contributed by atoms with Gasteiger partial charge in [-0.1, -0.05) is 20.3 Å². The first kappa shape index (κ1) is 11.0. The molecular formula is C11H23NO. The molecule has 0 heterocycles. The Morgan fingerprint density at radius 1 is 1.62 bits per heavy atom. The van der Waals surface area contributed by atoms with Gasteiger partial charge >= 0.3 is 0 Å². The lowest BCUT2D eigenvalue weighted by atomic mass is 9.84. The Kier molecular flexibility index (Phi) is 3.74. The molecule has 2 N–H and O–H groups in total. The number of ether oxygens (including phenoxy) is 1. The van der Waals surface area contributed by atoms with Crippen LogP contribution in [-0.2, 0) is 4.74 Å². The van der Waals surface area contributed by atoms with Crippen LogP contribution in [0.3, 0.4) is 0 Å². The summed E-state index contributed by atoms with van der Waals surface area (Å²) in [6, 6.07) is 0. The molecule has 2 nitrogen and oxygen atoms in total. The van der Waals surface area contributed by atoms with Gasteiger partial charge in [0.1, 0.15) is 0 Å². The first-order valence-electron chi connectivity index (χ1n) is 5.40. The molecule has 3 unspecified atom stereocenters. The van der Waals surface area contributed by atoms with Gasteiger partial charge in [0.15, 0.2) is 0 Å². The van der Waals surface area contributed by atoms with Gasteiger partial charge < -0.3 is 10.5 Å². The average molecular weight is 185 g/mol. The SMILES string of the molecule is CCC1CCC(N)(C(C)COC)C1. The summed E-state index contributed by atoms with van der Waals surface area (Å²) in [4.78, 5) is 0. The van der Waals surface area contributed by atoms with Crippen LogP contribution in [0.5, 0.6) is 0 Å². The Hall–Kier alpha value is -0.0800. The summed E-state index contributed by atoms with van der Waals surface area (Å²) in [7, 11) is 1.76. The highest BCUT2D eigenvalue weighted by Gasteiger charge is 2.38. The van der Waals surface area contributed by atoms with Gasteiger partial charge in [-0.25, -0.2) is 0 Å². The van der Waals surface area contributed by atoms with Gasteiger partial charge in [0.25, 0.3) is 0 Å². The van der Waals surface area contributed by atoms with Crippen LogP contribution in [0.25, 0.3) is 0 Å². The van der Waals surface area contributed by atoms with E-state index in [1.54, 1.807) is 7.11 Å². The second-order valence-electron chi connectivity index (χ2n) is 4.61. The molecule has 1 saturated carbocycles. The van der Waals surface area contributed by atoms with Gasteiger partial charge in [-0.05, 0) is 31.1 Å². The van der Waals surface area contributed by atoms with Crippen molar-refractivity contribution in [1.82, 2.24) is 0 Å². The number of rotatable bonds is 4. The van der Waals surface area contributed by atoms with Gasteiger partial charge in [0.05, 0.1) is 6.61 Å². The fourth-order valence-electron chi connectivity index (χ4n) is 2.43. The largest absolute Gasteiger partial charge is 0.384 e. The van der Waals surface area contributed by atoms with E-state index in [1.165, 1.54) is 25.7 Å². The van der Waals surface area contributed by atoms with E-state index in [-0.39, 0.29) is 5.54 Å². The standard InChI is InChI=1S/C11H23NO/c1-4-10-5-6-11(12,7-10)9(2)8-13-3/h9-10H,4-8,12H2,1-3H3. The number of nitrogens with two attached hydrogens (primary N) is 1. The summed E-state index contributed by atoms with van der Waals surface area (Å²) in [6.45, 7) is 5.27. The van der Waals surface area contributed by atoms with Crippen molar-refractivity contribution >= 4 is 0 Å². The molecule has 2 heteroatoms. The molecule has 1 aliphatic carbocycles. The maximum Gasteiger partial charge on any atom is 0.0505 e. The monoisotopic (exact) mass is 185 g/mol. The first-order chi connectivity index (χ1) is 6.12. The van der Waals surface area contributed by atoms with Crippen molar-refractivity contribution in [3.63, 3.8) is 0 Å². The first-order valence-corrected chi connectivity index (χ1v) is 5.40. The minimum atomic E-state index is 0.0523. The minimum Gasteiger partial charge on any atom is -0.384 e. The molecule has 0 bridgehead atoms. The van der Waals surface area contributed by atoms with Crippen molar-refractivity contribution in [2.45, 2.75) is 45.1 Å². The summed E-state index contributed by atoms with van der Waals surface area (Å²) in [5.74, 6) is 1.35. The molecule has 1 rings (SSSR count). The molecule has 0 saturated heterocycles. The van der Waals surface area contributed by atoms with E-state index in [0.717, 1.165) is 12.5 Å². The fraction of sp³-hybridized carbons (Fsp3) is 1.00. The molecule has 3 atom stereocenters. The Bertz CT molecular complexity index is 160. The minimum absolute atomic E-state index is 0.0523. The van der Waals surface area contributed by atoms with E-state index in [2.05, 4.69) is 13.8 Å². The fourth-order valence-corrected chi connectivity index (χ4v) is 2.43. The molecule has 1 fully saturated rings. The van der Waals surface area contributed by atoms with Gasteiger partial charge in [0, 0.05) is 12.6 Å². The quantitative estimate of drug-likeness (QED) is 0.728. The van der Waals surface area contributed by atoms with E-state index in [4.69, 9.17) is 10.5 Å². The molecule has 0 aliphatic heterocycles. The zero-order valence-corrected chi connectivity index (χ0v) is 9.18. The number of hydrogen-bond acceptors (Lipinski definition) is 2. The maximum atomic E-state index is 6.37. The maximum absolute atomic E-state index is 6.37. The topological polar surface area (TPSA) is 35.2 Å². The summed E-state index contributed by atoms with van der Waals surface area (Å²) in [6.07, 6.45) is 4.95. The summed E-state index contributed by atoms with van der Waals surface area (Å²) >= 11 is 0. The van der Waals surface area contributed by atoms with Crippen molar-refractivity contribution in [3.8, 4) is 0 Å². The van der Waals surface area contributed by atoms with Gasteiger partial charge in [-0.2, -0.15) is 0 Å². The molecule has 78 valence electrons. The molecule has 0 spiro atoms. The zero-order chi connectivity index (χ0) is 9.90. The molecule has 0 aromatic rings. The van der Waals surface area contributed by atoms with E-state index < -0.39 is 0 Å². The Morgan fingerprint density at radius 3 is 2.77 bits per heavy atom. The second-order valence-corrected chi connectivity index (χ2v) is 4.61. The van der Waals surface area contributed by atoms with Crippen LogP contribution in [0.4, 0.5) is 0 Å². The predicted octanol–water partition coefficient (Wildman–Crippen LogP) is 2.18. The summed E-state index contributed by atoms with van der Waals surface area (Å²) in [5, 5.41) is 0. The molecular weight excluding hydrogens is 162 g/mol. The van der Waals surface area contributed by atoms with Crippen molar-refractivity contribution < 1.29 is 4.74 Å². The van der Waals surface area contributed by atoms with Gasteiger partial charge in [-0.3, -0.25) is 0 Å². The van der Waals surface area contributed by atoms with Crippen LogP contribution in [-0.4, -0.2) is 19.3 Å². The Morgan fingerprint density at radius 2 is 2.31 bits per heavy atom. The molecule has 0 aromatic carbocycles. The lowest BCUT2D eigenvalue weighted by Crippen LogP contribution is -2.45. The highest BCUT2D eigenvalue weighted by molar-refractivity contribution is 4.96. The third-order valence-corrected chi connectivity index (χ3v) is 3.66. The molecule has 13 heavy (non-hydrogen) atoms. The van der Waals surface area contributed by atoms with Crippen LogP contribution in [0.2, 0.25) is 0 Å². The van der Waals surface area contributed by atoms with Crippen molar-refractivity contribution in [3.05, 3.63) is 0 Å². The Balaban J connectivity index is 2.47. The van der Waals surface area contributed by atoms with Crippen LogP contribution in [0, 0.1) is 11.8 Å². The highest BCUT2D eigenvalue weighted by atomic mass is 16.5. The van der Waals surface area contributed by atoms with E-state index in [0.29, 0.717) is 5.92 Å². The van der Waals surface area contributed by atoms with E-state index in [1.807, 2.05) is 0 Å². The molecule has 0 radical (unpaired) electrons. The molecule has 0 amide bonds. The highest BCUT2D eigenvalue weighted by Crippen LogP contribution is 2.39. The Labute approximate surface area is 81.8 Å². The third kappa shape index (κ3) is 2.44. The average Bonchev–Trinajstić information content (AvgIpc) is 2.49. The summed E-state index contributed by atoms with van der Waals surface area (Å²) in [5.41, 5.74) is 6.43. The second kappa shape index (κ2) is 4.43. The van der Waals surface area contributed by atoms with Gasteiger partial charge in [0.2, 0.25) is 0 Å². The van der Waals surface area contributed by atoms with E-state index >= 15 is 0 Å². The van der Waals surface area contributed by atoms with Crippen LogP contribution < -0.4 is 5.73 Å². The lowest BCUT2D eigenvalue weighted by Gasteiger charge is -2.31. The zero-order valence-electron chi connectivity index (χ0n) is 9.18. The molecule has 0 aromatic heterocycles. The third-order valence-electron chi connectivity index (χ3n) is 3.66. The normalized spacial score (nSPS) is 36.5.